The maximum Gasteiger partial charge on any atom is 0.282 e. The van der Waals surface area contributed by atoms with E-state index in [4.69, 9.17) is 17.0 Å². The number of nitrogens with zero attached hydrogens (tertiary/aromatic N) is 4. The van der Waals surface area contributed by atoms with E-state index in [9.17, 15) is 14.4 Å². The standard InChI is InChI=1S/C30H21N7O4S3/c1-41-20-14-12-19(13-15-20)37-28(40)22-21(16-43-26(22)33-29(42)31-24(38)17-8-4-2-5-9-17)23(36-37)27-34-35-30(44-27)32-25(39)18-10-6-3-7-11-18/h2-16H,1H3,(H,32,35,39)(H2,31,33,38,42). The second kappa shape index (κ2) is 12.5. The first-order valence-electron chi connectivity index (χ1n) is 13.0. The van der Waals surface area contributed by atoms with Gasteiger partial charge in [-0.1, -0.05) is 47.7 Å². The smallest absolute Gasteiger partial charge is 0.282 e. The molecular weight excluding hydrogens is 619 g/mol. The highest BCUT2D eigenvalue weighted by atomic mass is 32.1. The number of carbonyl (C=O) groups is 2. The third-order valence-corrected chi connectivity index (χ3v) is 8.29. The highest BCUT2D eigenvalue weighted by Crippen LogP contribution is 2.36. The fourth-order valence-corrected chi connectivity index (χ4v) is 6.16. The predicted molar refractivity (Wildman–Crippen MR) is 175 cm³/mol. The van der Waals surface area contributed by atoms with Gasteiger partial charge < -0.3 is 10.1 Å². The minimum Gasteiger partial charge on any atom is -0.497 e. The Morgan fingerprint density at radius 3 is 2.18 bits per heavy atom. The SMILES string of the molecule is COc1ccc(-n2nc(-c3nnc(NC(=O)c4ccccc4)s3)c3csc(NC(=S)NC(=O)c4ccccc4)c3c2=O)cc1. The number of benzene rings is 3. The van der Waals surface area contributed by atoms with Crippen molar-refractivity contribution in [2.45, 2.75) is 0 Å². The third kappa shape index (κ3) is 5.94. The first-order chi connectivity index (χ1) is 21.4. The second-order valence-electron chi connectivity index (χ2n) is 9.12. The molecule has 0 saturated carbocycles. The largest absolute Gasteiger partial charge is 0.497 e. The number of hydrogen-bond donors (Lipinski definition) is 3. The maximum atomic E-state index is 13.9. The zero-order valence-corrected chi connectivity index (χ0v) is 25.3. The van der Waals surface area contributed by atoms with Gasteiger partial charge in [0.25, 0.3) is 17.4 Å². The van der Waals surface area contributed by atoms with E-state index in [-0.39, 0.29) is 27.4 Å². The highest BCUT2D eigenvalue weighted by Gasteiger charge is 2.22. The average molecular weight is 640 g/mol. The van der Waals surface area contributed by atoms with Crippen LogP contribution in [0.2, 0.25) is 0 Å². The Balaban J connectivity index is 1.38. The van der Waals surface area contributed by atoms with Gasteiger partial charge in [-0.2, -0.15) is 9.78 Å². The van der Waals surface area contributed by atoms with Crippen LogP contribution in [0.1, 0.15) is 20.7 Å². The molecule has 0 saturated heterocycles. The van der Waals surface area contributed by atoms with Crippen molar-refractivity contribution in [3.8, 4) is 22.1 Å². The van der Waals surface area contributed by atoms with E-state index >= 15 is 0 Å². The number of methoxy groups -OCH3 is 1. The van der Waals surface area contributed by atoms with Gasteiger partial charge in [-0.25, -0.2) is 0 Å². The molecule has 0 bridgehead atoms. The molecule has 0 aliphatic heterocycles. The third-order valence-electron chi connectivity index (χ3n) is 6.34. The summed E-state index contributed by atoms with van der Waals surface area (Å²) in [7, 11) is 1.55. The summed E-state index contributed by atoms with van der Waals surface area (Å²) in [5.41, 5.74) is 1.35. The van der Waals surface area contributed by atoms with Crippen LogP contribution in [0.25, 0.3) is 27.2 Å². The molecule has 0 unspecified atom stereocenters. The molecule has 0 fully saturated rings. The predicted octanol–water partition coefficient (Wildman–Crippen LogP) is 5.35. The van der Waals surface area contributed by atoms with Gasteiger partial charge >= 0.3 is 0 Å². The molecule has 0 radical (unpaired) electrons. The lowest BCUT2D eigenvalue weighted by atomic mass is 10.2. The Kier molecular flexibility index (Phi) is 8.18. The summed E-state index contributed by atoms with van der Waals surface area (Å²) in [6.07, 6.45) is 0. The summed E-state index contributed by atoms with van der Waals surface area (Å²) in [4.78, 5) is 39.2. The van der Waals surface area contributed by atoms with Crippen molar-refractivity contribution in [3.63, 3.8) is 0 Å². The number of amides is 2. The molecule has 6 rings (SSSR count). The lowest BCUT2D eigenvalue weighted by molar-refractivity contribution is 0.0976. The molecule has 0 atom stereocenters. The summed E-state index contributed by atoms with van der Waals surface area (Å²) >= 11 is 7.76. The fraction of sp³-hybridized carbons (Fsp3) is 0.0333. The Labute approximate surface area is 263 Å². The number of hydrogen-bond acceptors (Lipinski definition) is 10. The van der Waals surface area contributed by atoms with Crippen molar-refractivity contribution in [2.75, 3.05) is 17.7 Å². The van der Waals surface area contributed by atoms with Gasteiger partial charge in [0.15, 0.2) is 10.1 Å². The molecule has 3 N–H and O–H groups in total. The molecule has 3 aromatic carbocycles. The number of thiophene rings is 1. The van der Waals surface area contributed by atoms with E-state index in [0.29, 0.717) is 43.7 Å². The van der Waals surface area contributed by atoms with Crippen LogP contribution in [0.4, 0.5) is 10.1 Å². The van der Waals surface area contributed by atoms with Crippen LogP contribution in [0, 0.1) is 0 Å². The summed E-state index contributed by atoms with van der Waals surface area (Å²) in [6, 6.07) is 24.2. The number of ether oxygens (including phenoxy) is 1. The molecule has 0 aliphatic rings. The fourth-order valence-electron chi connectivity index (χ4n) is 4.23. The zero-order chi connectivity index (χ0) is 30.6. The Morgan fingerprint density at radius 1 is 0.864 bits per heavy atom. The highest BCUT2D eigenvalue weighted by molar-refractivity contribution is 7.80. The van der Waals surface area contributed by atoms with Crippen LogP contribution in [0.5, 0.6) is 5.75 Å². The first-order valence-corrected chi connectivity index (χ1v) is 15.1. The minimum absolute atomic E-state index is 0.0261. The number of carbonyl (C=O) groups excluding carboxylic acids is 2. The van der Waals surface area contributed by atoms with E-state index < -0.39 is 5.56 Å². The van der Waals surface area contributed by atoms with Crippen LogP contribution in [-0.4, -0.2) is 44.0 Å². The average Bonchev–Trinajstić information content (AvgIpc) is 3.70. The van der Waals surface area contributed by atoms with E-state index in [1.54, 1.807) is 85.3 Å². The van der Waals surface area contributed by atoms with Crippen molar-refractivity contribution >= 4 is 72.7 Å². The second-order valence-corrected chi connectivity index (χ2v) is 11.4. The Morgan fingerprint density at radius 2 is 1.52 bits per heavy atom. The van der Waals surface area contributed by atoms with Gasteiger partial charge in [-0.15, -0.1) is 21.5 Å². The molecule has 3 heterocycles. The zero-order valence-electron chi connectivity index (χ0n) is 22.8. The first kappa shape index (κ1) is 28.8. The van der Waals surface area contributed by atoms with Crippen molar-refractivity contribution in [1.82, 2.24) is 25.3 Å². The number of anilines is 2. The molecule has 0 aliphatic carbocycles. The summed E-state index contributed by atoms with van der Waals surface area (Å²) in [6.45, 7) is 0. The van der Waals surface area contributed by atoms with E-state index in [0.717, 1.165) is 11.3 Å². The topological polar surface area (TPSA) is 140 Å². The lowest BCUT2D eigenvalue weighted by Gasteiger charge is -2.11. The van der Waals surface area contributed by atoms with Gasteiger partial charge in [-0.05, 0) is 60.7 Å². The number of aromatic nitrogens is 4. The molecular formula is C30H21N7O4S3. The van der Waals surface area contributed by atoms with Crippen LogP contribution >= 0.6 is 34.9 Å². The maximum absolute atomic E-state index is 13.9. The summed E-state index contributed by atoms with van der Waals surface area (Å²) in [5.74, 6) is -0.105. The quantitative estimate of drug-likeness (QED) is 0.197. The van der Waals surface area contributed by atoms with Crippen molar-refractivity contribution in [3.05, 3.63) is 112 Å². The van der Waals surface area contributed by atoms with Gasteiger partial charge in [0.05, 0.1) is 18.2 Å². The Hall–Kier alpha value is -5.31. The van der Waals surface area contributed by atoms with Crippen molar-refractivity contribution < 1.29 is 14.3 Å². The number of fused-ring (bicyclic) bond motifs is 1. The molecule has 3 aromatic heterocycles. The summed E-state index contributed by atoms with van der Waals surface area (Å²) < 4.78 is 6.52. The van der Waals surface area contributed by atoms with Crippen LogP contribution < -0.4 is 26.2 Å². The van der Waals surface area contributed by atoms with Crippen molar-refractivity contribution in [1.29, 1.82) is 0 Å². The normalized spacial score (nSPS) is 10.8. The molecule has 14 heteroatoms. The molecule has 218 valence electrons. The van der Waals surface area contributed by atoms with Crippen LogP contribution in [0.3, 0.4) is 0 Å². The molecule has 11 nitrogen and oxygen atoms in total. The van der Waals surface area contributed by atoms with E-state index in [2.05, 4.69) is 31.2 Å². The molecule has 2 amide bonds. The van der Waals surface area contributed by atoms with Gasteiger partial charge in [0, 0.05) is 21.9 Å². The molecule has 6 aromatic rings. The van der Waals surface area contributed by atoms with E-state index in [1.807, 2.05) is 12.1 Å². The van der Waals surface area contributed by atoms with Crippen molar-refractivity contribution in [2.24, 2.45) is 0 Å². The number of nitrogens with one attached hydrogen (secondary N) is 3. The molecule has 44 heavy (non-hydrogen) atoms. The summed E-state index contributed by atoms with van der Waals surface area (Å²) in [5, 5.41) is 25.1. The monoisotopic (exact) mass is 639 g/mol. The molecule has 0 spiro atoms. The van der Waals surface area contributed by atoms with Gasteiger partial charge in [0.2, 0.25) is 5.13 Å². The van der Waals surface area contributed by atoms with Gasteiger partial charge in [-0.3, -0.25) is 25.0 Å². The van der Waals surface area contributed by atoms with Crippen LogP contribution in [-0.2, 0) is 0 Å². The lowest BCUT2D eigenvalue weighted by Crippen LogP contribution is -2.34. The Bertz CT molecular complexity index is 2060. The van der Waals surface area contributed by atoms with Gasteiger partial charge in [0.1, 0.15) is 16.4 Å². The minimum atomic E-state index is -0.419. The number of rotatable bonds is 7. The van der Waals surface area contributed by atoms with E-state index in [1.165, 1.54) is 16.0 Å². The van der Waals surface area contributed by atoms with Crippen LogP contribution in [0.15, 0.2) is 95.1 Å². The number of thiocarbonyl (C=S) groups is 1.